The molecule has 116 valence electrons. The third-order valence-corrected chi connectivity index (χ3v) is 5.65. The van der Waals surface area contributed by atoms with Gasteiger partial charge in [-0.3, -0.25) is 4.79 Å². The Kier molecular flexibility index (Phi) is 4.13. The van der Waals surface area contributed by atoms with E-state index in [2.05, 4.69) is 0 Å². The maximum Gasteiger partial charge on any atom is 0.311 e. The average Bonchev–Trinajstić information content (AvgIpc) is 2.75. The van der Waals surface area contributed by atoms with Gasteiger partial charge in [-0.25, -0.2) is 8.42 Å². The van der Waals surface area contributed by atoms with E-state index in [1.54, 1.807) is 18.2 Å². The van der Waals surface area contributed by atoms with Crippen LogP contribution in [0.3, 0.4) is 0 Å². The third-order valence-electron chi connectivity index (χ3n) is 3.83. The predicted molar refractivity (Wildman–Crippen MR) is 76.6 cm³/mol. The third kappa shape index (κ3) is 3.12. The molecular weight excluding hydrogens is 296 g/mol. The van der Waals surface area contributed by atoms with Crippen LogP contribution < -0.4 is 9.47 Å². The Labute approximate surface area is 123 Å². The van der Waals surface area contributed by atoms with Gasteiger partial charge in [-0.2, -0.15) is 0 Å². The van der Waals surface area contributed by atoms with Crippen LogP contribution >= 0.6 is 0 Å². The number of hydrogen-bond donors (Lipinski definition) is 1. The highest BCUT2D eigenvalue weighted by atomic mass is 32.2. The first-order chi connectivity index (χ1) is 9.82. The van der Waals surface area contributed by atoms with Gasteiger partial charge in [-0.1, -0.05) is 6.07 Å². The summed E-state index contributed by atoms with van der Waals surface area (Å²) in [5.41, 5.74) is -0.537. The van der Waals surface area contributed by atoms with Crippen molar-refractivity contribution in [3.05, 3.63) is 23.8 Å². The van der Waals surface area contributed by atoms with Gasteiger partial charge in [0.25, 0.3) is 0 Å². The van der Waals surface area contributed by atoms with Crippen molar-refractivity contribution in [2.75, 3.05) is 25.7 Å². The van der Waals surface area contributed by atoms with Gasteiger partial charge >= 0.3 is 5.97 Å². The lowest BCUT2D eigenvalue weighted by Crippen LogP contribution is -2.34. The Morgan fingerprint density at radius 2 is 1.95 bits per heavy atom. The van der Waals surface area contributed by atoms with Crippen molar-refractivity contribution in [1.29, 1.82) is 0 Å². The van der Waals surface area contributed by atoms with Crippen molar-refractivity contribution in [2.45, 2.75) is 12.8 Å². The molecule has 1 aromatic rings. The van der Waals surface area contributed by atoms with E-state index in [0.29, 0.717) is 17.1 Å². The highest BCUT2D eigenvalue weighted by Gasteiger charge is 2.48. The van der Waals surface area contributed by atoms with Gasteiger partial charge in [0.05, 0.1) is 31.1 Å². The van der Waals surface area contributed by atoms with Crippen LogP contribution in [0.15, 0.2) is 18.2 Å². The van der Waals surface area contributed by atoms with Crippen LogP contribution in [0.5, 0.6) is 11.5 Å². The number of carboxylic acids is 1. The van der Waals surface area contributed by atoms with Crippen LogP contribution in [-0.2, 0) is 21.1 Å². The van der Waals surface area contributed by atoms with Crippen LogP contribution in [0.4, 0.5) is 0 Å². The van der Waals surface area contributed by atoms with Gasteiger partial charge in [-0.15, -0.1) is 0 Å². The number of rotatable bonds is 5. The van der Waals surface area contributed by atoms with Crippen LogP contribution in [0.2, 0.25) is 0 Å². The predicted octanol–water partition coefficient (Wildman–Crippen LogP) is 1.14. The molecule has 1 atom stereocenters. The molecule has 7 heteroatoms. The topological polar surface area (TPSA) is 89.9 Å². The van der Waals surface area contributed by atoms with Crippen LogP contribution in [0, 0.1) is 5.41 Å². The zero-order valence-corrected chi connectivity index (χ0v) is 12.8. The Bertz CT molecular complexity index is 651. The van der Waals surface area contributed by atoms with E-state index in [1.807, 2.05) is 0 Å². The summed E-state index contributed by atoms with van der Waals surface area (Å²) in [4.78, 5) is 11.6. The monoisotopic (exact) mass is 314 g/mol. The van der Waals surface area contributed by atoms with E-state index in [9.17, 15) is 18.3 Å². The van der Waals surface area contributed by atoms with E-state index in [1.165, 1.54) is 14.2 Å². The highest BCUT2D eigenvalue weighted by molar-refractivity contribution is 7.91. The first-order valence-electron chi connectivity index (χ1n) is 6.47. The van der Waals surface area contributed by atoms with Gasteiger partial charge in [0.15, 0.2) is 21.3 Å². The maximum absolute atomic E-state index is 11.7. The number of carboxylic acid groups (broad SMARTS) is 1. The van der Waals surface area contributed by atoms with E-state index < -0.39 is 21.2 Å². The van der Waals surface area contributed by atoms with E-state index in [-0.39, 0.29) is 24.3 Å². The molecule has 0 bridgehead atoms. The van der Waals surface area contributed by atoms with E-state index in [0.717, 1.165) is 0 Å². The second kappa shape index (κ2) is 5.55. The van der Waals surface area contributed by atoms with Gasteiger partial charge in [0, 0.05) is 0 Å². The van der Waals surface area contributed by atoms with Crippen molar-refractivity contribution < 1.29 is 27.8 Å². The molecule has 1 fully saturated rings. The first-order valence-corrected chi connectivity index (χ1v) is 8.29. The summed E-state index contributed by atoms with van der Waals surface area (Å²) in [7, 11) is -0.276. The van der Waals surface area contributed by atoms with Gasteiger partial charge in [-0.05, 0) is 30.5 Å². The molecule has 0 spiro atoms. The Balaban J connectivity index is 2.33. The molecule has 0 radical (unpaired) electrons. The van der Waals surface area contributed by atoms with Crippen molar-refractivity contribution in [2.24, 2.45) is 5.41 Å². The summed E-state index contributed by atoms with van der Waals surface area (Å²) in [6, 6.07) is 5.11. The summed E-state index contributed by atoms with van der Waals surface area (Å²) >= 11 is 0. The molecule has 0 amide bonds. The van der Waals surface area contributed by atoms with Gasteiger partial charge < -0.3 is 14.6 Å². The smallest absolute Gasteiger partial charge is 0.311 e. The highest BCUT2D eigenvalue weighted by Crippen LogP contribution is 2.38. The molecule has 1 saturated heterocycles. The summed E-state index contributed by atoms with van der Waals surface area (Å²) in [5, 5.41) is 9.46. The van der Waals surface area contributed by atoms with Crippen molar-refractivity contribution in [3.8, 4) is 11.5 Å². The Morgan fingerprint density at radius 1 is 1.29 bits per heavy atom. The van der Waals surface area contributed by atoms with Gasteiger partial charge in [0.1, 0.15) is 0 Å². The van der Waals surface area contributed by atoms with Crippen molar-refractivity contribution in [1.82, 2.24) is 0 Å². The van der Waals surface area contributed by atoms with Crippen LogP contribution in [0.25, 0.3) is 0 Å². The normalized spacial score (nSPS) is 23.7. The summed E-state index contributed by atoms with van der Waals surface area (Å²) in [6.07, 6.45) is 0.293. The van der Waals surface area contributed by atoms with Gasteiger partial charge in [0.2, 0.25) is 0 Å². The Hall–Kier alpha value is -1.76. The minimum atomic E-state index is -3.28. The fourth-order valence-corrected chi connectivity index (χ4v) is 4.74. The number of hydrogen-bond acceptors (Lipinski definition) is 5. The number of sulfone groups is 1. The van der Waals surface area contributed by atoms with Crippen molar-refractivity contribution in [3.63, 3.8) is 0 Å². The second-order valence-electron chi connectivity index (χ2n) is 5.29. The zero-order chi connectivity index (χ0) is 15.7. The number of carbonyl (C=O) groups is 1. The number of aliphatic carboxylic acids is 1. The molecule has 6 nitrogen and oxygen atoms in total. The fraction of sp³-hybridized carbons (Fsp3) is 0.500. The summed E-state index contributed by atoms with van der Waals surface area (Å²) < 4.78 is 33.6. The lowest BCUT2D eigenvalue weighted by Gasteiger charge is -2.22. The largest absolute Gasteiger partial charge is 0.493 e. The summed E-state index contributed by atoms with van der Waals surface area (Å²) in [6.45, 7) is 0. The fourth-order valence-electron chi connectivity index (χ4n) is 2.68. The SMILES string of the molecule is COc1ccc(CC2(C(=O)O)CCS(=O)(=O)C2)cc1OC. The number of benzene rings is 1. The Morgan fingerprint density at radius 3 is 2.43 bits per heavy atom. The first kappa shape index (κ1) is 15.6. The molecule has 1 aliphatic heterocycles. The number of methoxy groups -OCH3 is 2. The summed E-state index contributed by atoms with van der Waals surface area (Å²) in [5.74, 6) is -0.421. The lowest BCUT2D eigenvalue weighted by atomic mass is 9.81. The molecule has 0 saturated carbocycles. The zero-order valence-electron chi connectivity index (χ0n) is 12.0. The molecule has 0 aromatic heterocycles. The average molecular weight is 314 g/mol. The second-order valence-corrected chi connectivity index (χ2v) is 7.48. The minimum absolute atomic E-state index is 0.0768. The molecule has 1 unspecified atom stereocenters. The van der Waals surface area contributed by atoms with Crippen LogP contribution in [0.1, 0.15) is 12.0 Å². The minimum Gasteiger partial charge on any atom is -0.493 e. The molecule has 1 heterocycles. The number of ether oxygens (including phenoxy) is 2. The molecule has 1 aliphatic rings. The molecule has 1 aromatic carbocycles. The standard InChI is InChI=1S/C14H18O6S/c1-19-11-4-3-10(7-12(11)20-2)8-14(13(15)16)5-6-21(17,18)9-14/h3-4,7H,5-6,8-9H2,1-2H3,(H,15,16). The van der Waals surface area contributed by atoms with E-state index >= 15 is 0 Å². The molecular formula is C14H18O6S. The molecule has 1 N–H and O–H groups in total. The van der Waals surface area contributed by atoms with E-state index in [4.69, 9.17) is 9.47 Å². The molecule has 0 aliphatic carbocycles. The van der Waals surface area contributed by atoms with Crippen LogP contribution in [-0.4, -0.2) is 45.2 Å². The molecule has 21 heavy (non-hydrogen) atoms. The quantitative estimate of drug-likeness (QED) is 0.876. The lowest BCUT2D eigenvalue weighted by molar-refractivity contribution is -0.147. The maximum atomic E-state index is 11.7. The molecule has 2 rings (SSSR count). The van der Waals surface area contributed by atoms with Crippen molar-refractivity contribution >= 4 is 15.8 Å².